The summed E-state index contributed by atoms with van der Waals surface area (Å²) in [5, 5.41) is 16.0. The lowest BCUT2D eigenvalue weighted by Gasteiger charge is -2.35. The van der Waals surface area contributed by atoms with Crippen LogP contribution in [0.4, 0.5) is 16.2 Å². The van der Waals surface area contributed by atoms with Crippen molar-refractivity contribution in [3.63, 3.8) is 0 Å². The Kier molecular flexibility index (Phi) is 11.9. The molecule has 1 aromatic heterocycles. The van der Waals surface area contributed by atoms with Crippen LogP contribution in [0.3, 0.4) is 0 Å². The van der Waals surface area contributed by atoms with E-state index in [1.165, 1.54) is 12.4 Å². The van der Waals surface area contributed by atoms with Crippen LogP contribution in [0.1, 0.15) is 60.7 Å². The molecule has 5 rings (SSSR count). The number of aliphatic hydroxyl groups excluding tert-OH is 1. The summed E-state index contributed by atoms with van der Waals surface area (Å²) in [4.78, 5) is 47.6. The van der Waals surface area contributed by atoms with Crippen LogP contribution in [0.2, 0.25) is 0 Å². The second-order valence-electron chi connectivity index (χ2n) is 12.6. The third kappa shape index (κ3) is 9.18. The number of fused-ring (bicyclic) bond motifs is 2. The minimum absolute atomic E-state index is 0.138. The quantitative estimate of drug-likeness (QED) is 0.314. The molecule has 2 aliphatic heterocycles. The Morgan fingerprint density at radius 3 is 2.47 bits per heavy atom. The summed E-state index contributed by atoms with van der Waals surface area (Å²) >= 11 is 0. The van der Waals surface area contributed by atoms with Crippen LogP contribution in [0.15, 0.2) is 60.9 Å². The minimum Gasteiger partial charge on any atom is -0.490 e. The van der Waals surface area contributed by atoms with Crippen LogP contribution < -0.4 is 24.8 Å². The van der Waals surface area contributed by atoms with Crippen molar-refractivity contribution < 1.29 is 38.4 Å². The van der Waals surface area contributed by atoms with Gasteiger partial charge in [0.1, 0.15) is 5.75 Å². The molecule has 3 aromatic rings. The third-order valence-corrected chi connectivity index (χ3v) is 8.68. The lowest BCUT2D eigenvalue weighted by atomic mass is 10.0. The van der Waals surface area contributed by atoms with Gasteiger partial charge in [0, 0.05) is 68.1 Å². The fourth-order valence-corrected chi connectivity index (χ4v) is 5.72. The fraction of sp³-hybridized carbons (Fsp3) is 0.444. The molecule has 0 unspecified atom stereocenters. The van der Waals surface area contributed by atoms with Crippen molar-refractivity contribution in [1.29, 1.82) is 0 Å². The van der Waals surface area contributed by atoms with Crippen molar-refractivity contribution in [2.75, 3.05) is 50.8 Å². The molecule has 262 valence electrons. The van der Waals surface area contributed by atoms with Gasteiger partial charge in [-0.1, -0.05) is 6.92 Å². The van der Waals surface area contributed by atoms with Gasteiger partial charge in [0.25, 0.3) is 11.8 Å². The molecule has 0 saturated heterocycles. The number of hydrogen-bond donors (Lipinski definition) is 3. The first kappa shape index (κ1) is 35.4. The maximum Gasteiger partial charge on any atom is 0.321 e. The first-order valence-electron chi connectivity index (χ1n) is 16.6. The number of anilines is 2. The highest BCUT2D eigenvalue weighted by Crippen LogP contribution is 2.34. The lowest BCUT2D eigenvalue weighted by Crippen LogP contribution is -2.48. The molecule has 0 fully saturated rings. The number of nitrogens with one attached hydrogen (secondary N) is 2. The van der Waals surface area contributed by atoms with Gasteiger partial charge >= 0.3 is 6.03 Å². The largest absolute Gasteiger partial charge is 0.490 e. The van der Waals surface area contributed by atoms with Crippen LogP contribution in [0.25, 0.3) is 0 Å². The molecule has 4 atom stereocenters. The molecule has 13 nitrogen and oxygen atoms in total. The van der Waals surface area contributed by atoms with Gasteiger partial charge in [0.15, 0.2) is 11.5 Å². The van der Waals surface area contributed by atoms with Gasteiger partial charge < -0.3 is 44.5 Å². The van der Waals surface area contributed by atoms with Crippen LogP contribution in [0.5, 0.6) is 17.2 Å². The second-order valence-corrected chi connectivity index (χ2v) is 12.6. The molecule has 2 aliphatic rings. The standard InChI is InChI=1S/C36H45N5O8/c1-23-19-41(24(2)21-42)35(44)29-17-27(38-34(43)26-12-14-37-15-13-26)8-10-30(29)49-25(3)7-5-6-16-46-33(23)20-40(4)36(45)39-28-9-11-31-32(18-28)48-22-47-31/h8-15,17-18,23-25,33,42H,5-7,16,19-22H2,1-4H3,(H,38,43)(H,39,45)/t23-,24-,25-,33+/m1/s1. The molecule has 0 saturated carbocycles. The number of ether oxygens (including phenoxy) is 4. The number of carbonyl (C=O) groups excluding carboxylic acids is 3. The number of amides is 4. The molecule has 2 aromatic carbocycles. The summed E-state index contributed by atoms with van der Waals surface area (Å²) in [5.74, 6) is 0.646. The Balaban J connectivity index is 1.36. The summed E-state index contributed by atoms with van der Waals surface area (Å²) in [7, 11) is 1.69. The maximum atomic E-state index is 14.4. The lowest BCUT2D eigenvalue weighted by molar-refractivity contribution is -0.0115. The average molecular weight is 676 g/mol. The molecule has 49 heavy (non-hydrogen) atoms. The van der Waals surface area contributed by atoms with E-state index in [2.05, 4.69) is 15.6 Å². The third-order valence-electron chi connectivity index (χ3n) is 8.68. The average Bonchev–Trinajstić information content (AvgIpc) is 3.58. The predicted molar refractivity (Wildman–Crippen MR) is 183 cm³/mol. The molecule has 0 radical (unpaired) electrons. The molecule has 3 heterocycles. The van der Waals surface area contributed by atoms with Gasteiger partial charge in [-0.2, -0.15) is 0 Å². The zero-order valence-corrected chi connectivity index (χ0v) is 28.4. The number of urea groups is 1. The van der Waals surface area contributed by atoms with Gasteiger partial charge in [-0.25, -0.2) is 4.79 Å². The zero-order chi connectivity index (χ0) is 34.9. The summed E-state index contributed by atoms with van der Waals surface area (Å²) in [6.45, 7) is 6.52. The number of aliphatic hydroxyl groups is 1. The van der Waals surface area contributed by atoms with Gasteiger partial charge in [-0.05, 0) is 75.6 Å². The van der Waals surface area contributed by atoms with Crippen molar-refractivity contribution in [2.45, 2.75) is 58.3 Å². The van der Waals surface area contributed by atoms with Crippen LogP contribution >= 0.6 is 0 Å². The van der Waals surface area contributed by atoms with E-state index in [4.69, 9.17) is 18.9 Å². The number of rotatable bonds is 7. The van der Waals surface area contributed by atoms with Gasteiger partial charge in [0.2, 0.25) is 6.79 Å². The van der Waals surface area contributed by atoms with E-state index < -0.39 is 12.1 Å². The molecule has 0 aliphatic carbocycles. The Morgan fingerprint density at radius 2 is 1.71 bits per heavy atom. The molecular weight excluding hydrogens is 630 g/mol. The number of pyridine rings is 1. The van der Waals surface area contributed by atoms with E-state index in [9.17, 15) is 19.5 Å². The van der Waals surface area contributed by atoms with E-state index in [1.807, 2.05) is 13.8 Å². The van der Waals surface area contributed by atoms with Crippen molar-refractivity contribution in [2.24, 2.45) is 5.92 Å². The molecule has 4 amide bonds. The molecular formula is C36H45N5O8. The van der Waals surface area contributed by atoms with E-state index in [1.54, 1.807) is 72.3 Å². The maximum absolute atomic E-state index is 14.4. The van der Waals surface area contributed by atoms with Crippen molar-refractivity contribution in [1.82, 2.24) is 14.8 Å². The summed E-state index contributed by atoms with van der Waals surface area (Å²) in [6, 6.07) is 12.6. The first-order valence-corrected chi connectivity index (χ1v) is 16.6. The molecule has 3 N–H and O–H groups in total. The van der Waals surface area contributed by atoms with Gasteiger partial charge in [0.05, 0.1) is 30.4 Å². The number of hydrogen-bond acceptors (Lipinski definition) is 9. The Hall–Kier alpha value is -4.88. The fourth-order valence-electron chi connectivity index (χ4n) is 5.72. The smallest absolute Gasteiger partial charge is 0.321 e. The van der Waals surface area contributed by atoms with Gasteiger partial charge in [-0.15, -0.1) is 0 Å². The monoisotopic (exact) mass is 675 g/mol. The predicted octanol–water partition coefficient (Wildman–Crippen LogP) is 5.02. The van der Waals surface area contributed by atoms with Gasteiger partial charge in [-0.3, -0.25) is 14.6 Å². The highest BCUT2D eigenvalue weighted by atomic mass is 16.7. The van der Waals surface area contributed by atoms with E-state index in [0.717, 1.165) is 19.3 Å². The Labute approximate surface area is 286 Å². The summed E-state index contributed by atoms with van der Waals surface area (Å²) in [5.41, 5.74) is 1.69. The van der Waals surface area contributed by atoms with Crippen LogP contribution in [-0.2, 0) is 4.74 Å². The first-order chi connectivity index (χ1) is 23.6. The van der Waals surface area contributed by atoms with Crippen LogP contribution in [0, 0.1) is 5.92 Å². The van der Waals surface area contributed by atoms with E-state index >= 15 is 0 Å². The van der Waals surface area contributed by atoms with Crippen molar-refractivity contribution >= 4 is 29.2 Å². The number of likely N-dealkylation sites (N-methyl/N-ethyl adjacent to an activating group) is 1. The topological polar surface area (TPSA) is 152 Å². The Morgan fingerprint density at radius 1 is 1.00 bits per heavy atom. The summed E-state index contributed by atoms with van der Waals surface area (Å²) < 4.78 is 23.5. The van der Waals surface area contributed by atoms with E-state index in [-0.39, 0.29) is 61.9 Å². The molecule has 0 bridgehead atoms. The number of carbonyl (C=O) groups is 3. The highest BCUT2D eigenvalue weighted by molar-refractivity contribution is 6.05. The Bertz CT molecular complexity index is 1610. The van der Waals surface area contributed by atoms with E-state index in [0.29, 0.717) is 40.8 Å². The van der Waals surface area contributed by atoms with Crippen molar-refractivity contribution in [3.05, 3.63) is 72.1 Å². The summed E-state index contributed by atoms with van der Waals surface area (Å²) in [6.07, 6.45) is 4.80. The molecule has 13 heteroatoms. The van der Waals surface area contributed by atoms with Crippen LogP contribution in [-0.4, -0.2) is 96.1 Å². The number of aromatic nitrogens is 1. The number of nitrogens with zero attached hydrogens (tertiary/aromatic N) is 3. The SMILES string of the molecule is C[C@@H]1CCCCO[C@@H](CN(C)C(=O)Nc2ccc3c(c2)OCO3)[C@H](C)CN([C@H](C)CO)C(=O)c2cc(NC(=O)c3ccncc3)ccc2O1. The second kappa shape index (κ2) is 16.5. The number of benzene rings is 2. The molecule has 0 spiro atoms. The zero-order valence-electron chi connectivity index (χ0n) is 28.4. The highest BCUT2D eigenvalue weighted by Gasteiger charge is 2.31. The minimum atomic E-state index is -0.545. The van der Waals surface area contributed by atoms with Crippen molar-refractivity contribution in [3.8, 4) is 17.2 Å². The normalized spacial score (nSPS) is 20.3.